The van der Waals surface area contributed by atoms with E-state index in [1.165, 1.54) is 70.6 Å². The zero-order valence-electron chi connectivity index (χ0n) is 11.5. The monoisotopic (exact) mass is 244 g/mol. The van der Waals surface area contributed by atoms with Gasteiger partial charge in [0.15, 0.2) is 0 Å². The fraction of sp³-hybridized carbons (Fsp3) is 1.00. The molecule has 0 aliphatic carbocycles. The van der Waals surface area contributed by atoms with E-state index >= 15 is 0 Å². The SMILES string of the molecule is CCCCCCCCC(C)CCCCCS. The van der Waals surface area contributed by atoms with Crippen LogP contribution in [-0.2, 0) is 0 Å². The zero-order chi connectivity index (χ0) is 12.1. The number of thiol groups is 1. The Morgan fingerprint density at radius 1 is 0.750 bits per heavy atom. The third kappa shape index (κ3) is 12.4. The van der Waals surface area contributed by atoms with Crippen LogP contribution in [-0.4, -0.2) is 5.75 Å². The third-order valence-corrected chi connectivity index (χ3v) is 3.72. The van der Waals surface area contributed by atoms with Gasteiger partial charge in [0.1, 0.15) is 0 Å². The van der Waals surface area contributed by atoms with Gasteiger partial charge in [0.2, 0.25) is 0 Å². The molecule has 16 heavy (non-hydrogen) atoms. The highest BCUT2D eigenvalue weighted by molar-refractivity contribution is 7.80. The standard InChI is InChI=1S/C15H32S/c1-3-4-5-6-7-9-12-15(2)13-10-8-11-14-16/h15-16H,3-14H2,1-2H3. The maximum atomic E-state index is 4.24. The molecule has 98 valence electrons. The molecule has 0 spiro atoms. The number of hydrogen-bond acceptors (Lipinski definition) is 1. The van der Waals surface area contributed by atoms with Crippen LogP contribution in [0.25, 0.3) is 0 Å². The van der Waals surface area contributed by atoms with E-state index in [1.807, 2.05) is 0 Å². The van der Waals surface area contributed by atoms with Crippen molar-refractivity contribution in [3.63, 3.8) is 0 Å². The van der Waals surface area contributed by atoms with Gasteiger partial charge in [0.25, 0.3) is 0 Å². The van der Waals surface area contributed by atoms with Gasteiger partial charge in [-0.05, 0) is 18.1 Å². The van der Waals surface area contributed by atoms with Crippen LogP contribution < -0.4 is 0 Å². The summed E-state index contributed by atoms with van der Waals surface area (Å²) in [5, 5.41) is 0. The lowest BCUT2D eigenvalue weighted by molar-refractivity contribution is 0.437. The van der Waals surface area contributed by atoms with Crippen LogP contribution in [0.5, 0.6) is 0 Å². The molecule has 0 aliphatic heterocycles. The summed E-state index contributed by atoms with van der Waals surface area (Å²) in [5.41, 5.74) is 0. The minimum Gasteiger partial charge on any atom is -0.179 e. The molecule has 0 aromatic carbocycles. The first-order valence-electron chi connectivity index (χ1n) is 7.42. The predicted molar refractivity (Wildman–Crippen MR) is 79.5 cm³/mol. The van der Waals surface area contributed by atoms with Crippen LogP contribution in [0.15, 0.2) is 0 Å². The van der Waals surface area contributed by atoms with Crippen LogP contribution in [0.1, 0.15) is 84.5 Å². The van der Waals surface area contributed by atoms with E-state index in [9.17, 15) is 0 Å². The fourth-order valence-electron chi connectivity index (χ4n) is 2.20. The molecule has 1 unspecified atom stereocenters. The Morgan fingerprint density at radius 2 is 1.25 bits per heavy atom. The smallest absolute Gasteiger partial charge is 0.00979 e. The van der Waals surface area contributed by atoms with Gasteiger partial charge in [0, 0.05) is 0 Å². The van der Waals surface area contributed by atoms with E-state index in [0.29, 0.717) is 0 Å². The molecule has 0 aromatic heterocycles. The number of rotatable bonds is 12. The second-order valence-corrected chi connectivity index (χ2v) is 5.68. The van der Waals surface area contributed by atoms with Crippen molar-refractivity contribution in [2.24, 2.45) is 5.92 Å². The van der Waals surface area contributed by atoms with Gasteiger partial charge in [-0.1, -0.05) is 78.1 Å². The Kier molecular flexibility index (Phi) is 13.7. The molecule has 0 bridgehead atoms. The summed E-state index contributed by atoms with van der Waals surface area (Å²) in [6.07, 6.45) is 15.6. The lowest BCUT2D eigenvalue weighted by Crippen LogP contribution is -1.95. The molecular formula is C15H32S. The van der Waals surface area contributed by atoms with Crippen molar-refractivity contribution in [3.05, 3.63) is 0 Å². The largest absolute Gasteiger partial charge is 0.179 e. The van der Waals surface area contributed by atoms with Gasteiger partial charge in [0.05, 0.1) is 0 Å². The van der Waals surface area contributed by atoms with E-state index in [-0.39, 0.29) is 0 Å². The van der Waals surface area contributed by atoms with Crippen LogP contribution in [0.3, 0.4) is 0 Å². The molecule has 0 saturated carbocycles. The van der Waals surface area contributed by atoms with Crippen molar-refractivity contribution in [2.45, 2.75) is 84.5 Å². The Bertz CT molecular complexity index is 123. The van der Waals surface area contributed by atoms with E-state index in [0.717, 1.165) is 11.7 Å². The summed E-state index contributed by atoms with van der Waals surface area (Å²) in [5.74, 6) is 2.01. The first-order chi connectivity index (χ1) is 7.81. The minimum absolute atomic E-state index is 0.950. The van der Waals surface area contributed by atoms with E-state index in [4.69, 9.17) is 0 Å². The quantitative estimate of drug-likeness (QED) is 0.322. The van der Waals surface area contributed by atoms with Crippen molar-refractivity contribution in [3.8, 4) is 0 Å². The highest BCUT2D eigenvalue weighted by Gasteiger charge is 2.01. The van der Waals surface area contributed by atoms with Crippen molar-refractivity contribution < 1.29 is 0 Å². The molecule has 0 rings (SSSR count). The van der Waals surface area contributed by atoms with E-state index in [2.05, 4.69) is 26.5 Å². The van der Waals surface area contributed by atoms with Gasteiger partial charge in [-0.3, -0.25) is 0 Å². The van der Waals surface area contributed by atoms with Gasteiger partial charge >= 0.3 is 0 Å². The molecule has 0 aromatic rings. The first-order valence-corrected chi connectivity index (χ1v) is 8.05. The lowest BCUT2D eigenvalue weighted by atomic mass is 9.96. The second kappa shape index (κ2) is 13.4. The minimum atomic E-state index is 0.950. The Labute approximate surface area is 109 Å². The fourth-order valence-corrected chi connectivity index (χ4v) is 2.42. The van der Waals surface area contributed by atoms with E-state index in [1.54, 1.807) is 0 Å². The summed E-state index contributed by atoms with van der Waals surface area (Å²) in [6, 6.07) is 0. The molecule has 0 fully saturated rings. The van der Waals surface area contributed by atoms with Crippen LogP contribution >= 0.6 is 12.6 Å². The average molecular weight is 244 g/mol. The predicted octanol–water partition coefficient (Wildman–Crippen LogP) is 5.86. The summed E-state index contributed by atoms with van der Waals surface area (Å²) in [6.45, 7) is 4.71. The van der Waals surface area contributed by atoms with Crippen molar-refractivity contribution in [1.29, 1.82) is 0 Å². The Hall–Kier alpha value is 0.350. The lowest BCUT2D eigenvalue weighted by Gasteiger charge is -2.10. The summed E-state index contributed by atoms with van der Waals surface area (Å²) in [4.78, 5) is 0. The van der Waals surface area contributed by atoms with Gasteiger partial charge in [-0.25, -0.2) is 0 Å². The maximum absolute atomic E-state index is 4.24. The van der Waals surface area contributed by atoms with Crippen molar-refractivity contribution >= 4 is 12.6 Å². The Balaban J connectivity index is 3.08. The third-order valence-electron chi connectivity index (χ3n) is 3.41. The number of unbranched alkanes of at least 4 members (excludes halogenated alkanes) is 7. The van der Waals surface area contributed by atoms with Crippen LogP contribution in [0.2, 0.25) is 0 Å². The molecule has 0 heterocycles. The molecule has 0 radical (unpaired) electrons. The normalized spacial score (nSPS) is 12.9. The number of hydrogen-bond donors (Lipinski definition) is 1. The molecule has 0 N–H and O–H groups in total. The van der Waals surface area contributed by atoms with Crippen molar-refractivity contribution in [2.75, 3.05) is 5.75 Å². The summed E-state index contributed by atoms with van der Waals surface area (Å²) < 4.78 is 0. The van der Waals surface area contributed by atoms with Gasteiger partial charge < -0.3 is 0 Å². The molecule has 1 heteroatoms. The van der Waals surface area contributed by atoms with Gasteiger partial charge in [-0.2, -0.15) is 12.6 Å². The molecule has 0 nitrogen and oxygen atoms in total. The summed E-state index contributed by atoms with van der Waals surface area (Å²) >= 11 is 4.24. The van der Waals surface area contributed by atoms with Crippen LogP contribution in [0, 0.1) is 5.92 Å². The zero-order valence-corrected chi connectivity index (χ0v) is 12.4. The Morgan fingerprint density at radius 3 is 1.81 bits per heavy atom. The average Bonchev–Trinajstić information content (AvgIpc) is 2.29. The van der Waals surface area contributed by atoms with E-state index < -0.39 is 0 Å². The second-order valence-electron chi connectivity index (χ2n) is 5.23. The topological polar surface area (TPSA) is 0 Å². The van der Waals surface area contributed by atoms with Crippen molar-refractivity contribution in [1.82, 2.24) is 0 Å². The van der Waals surface area contributed by atoms with Gasteiger partial charge in [-0.15, -0.1) is 0 Å². The molecule has 0 aliphatic rings. The van der Waals surface area contributed by atoms with Crippen LogP contribution in [0.4, 0.5) is 0 Å². The first kappa shape index (κ1) is 16.4. The summed E-state index contributed by atoms with van der Waals surface area (Å²) in [7, 11) is 0. The highest BCUT2D eigenvalue weighted by Crippen LogP contribution is 2.17. The molecule has 0 amide bonds. The molecular weight excluding hydrogens is 212 g/mol. The highest BCUT2D eigenvalue weighted by atomic mass is 32.1. The molecule has 0 saturated heterocycles. The maximum Gasteiger partial charge on any atom is -0.00979 e. The molecule has 1 atom stereocenters.